The smallest absolute Gasteiger partial charge is 0.220 e. The summed E-state index contributed by atoms with van der Waals surface area (Å²) < 4.78 is 3.57. The molecule has 1 aliphatic rings. The monoisotopic (exact) mass is 576 g/mol. The van der Waals surface area contributed by atoms with Crippen molar-refractivity contribution in [2.24, 2.45) is 7.05 Å². The molecule has 204 valence electrons. The standard InChI is InChI=1S/C27H26Cl2N10O/c1-37-22(34-35-36-37)10-11-23(40)32-18-12-14-38(15-13-18)26-24-27(31-16-30-26)39(19-8-6-17(28)7-9-19)25(33-24)20-4-2-3-5-21(20)29/h2-9,16,18H,10-15H2,1H3,(H,32,40). The van der Waals surface area contributed by atoms with Gasteiger partial charge in [0.15, 0.2) is 22.8 Å². The number of benzene rings is 2. The van der Waals surface area contributed by atoms with Crippen LogP contribution in [0.3, 0.4) is 0 Å². The van der Waals surface area contributed by atoms with E-state index in [-0.39, 0.29) is 11.9 Å². The molecule has 40 heavy (non-hydrogen) atoms. The summed E-state index contributed by atoms with van der Waals surface area (Å²) in [5, 5.41) is 15.8. The van der Waals surface area contributed by atoms with Gasteiger partial charge in [-0.2, -0.15) is 0 Å². The van der Waals surface area contributed by atoms with Gasteiger partial charge in [0.05, 0.1) is 5.02 Å². The Bertz CT molecular complexity index is 1660. The maximum Gasteiger partial charge on any atom is 0.220 e. The number of halogens is 2. The molecule has 1 aliphatic heterocycles. The van der Waals surface area contributed by atoms with Crippen molar-refractivity contribution in [2.45, 2.75) is 31.7 Å². The minimum Gasteiger partial charge on any atom is -0.355 e. The van der Waals surface area contributed by atoms with Crippen molar-refractivity contribution in [3.8, 4) is 17.1 Å². The van der Waals surface area contributed by atoms with Crippen LogP contribution < -0.4 is 10.2 Å². The number of amides is 1. The Hall–Kier alpha value is -4.09. The molecular formula is C27H26Cl2N10O. The van der Waals surface area contributed by atoms with E-state index in [1.54, 1.807) is 18.1 Å². The number of nitrogens with zero attached hydrogens (tertiary/aromatic N) is 9. The molecule has 1 amide bonds. The van der Waals surface area contributed by atoms with Crippen molar-refractivity contribution >= 4 is 46.1 Å². The first-order valence-corrected chi connectivity index (χ1v) is 13.7. The summed E-state index contributed by atoms with van der Waals surface area (Å²) in [5.41, 5.74) is 3.02. The third-order valence-corrected chi connectivity index (χ3v) is 7.65. The molecular weight excluding hydrogens is 551 g/mol. The number of aryl methyl sites for hydroxylation is 2. The number of carbonyl (C=O) groups excluding carboxylic acids is 1. The normalized spacial score (nSPS) is 14.1. The molecule has 0 aliphatic carbocycles. The minimum absolute atomic E-state index is 0.00281. The second-order valence-electron chi connectivity index (χ2n) is 9.64. The second kappa shape index (κ2) is 11.2. The van der Waals surface area contributed by atoms with Crippen LogP contribution in [0.25, 0.3) is 28.2 Å². The quantitative estimate of drug-likeness (QED) is 0.308. The van der Waals surface area contributed by atoms with Crippen molar-refractivity contribution in [3.05, 3.63) is 70.7 Å². The van der Waals surface area contributed by atoms with Crippen LogP contribution in [0.4, 0.5) is 5.82 Å². The molecule has 5 aromatic rings. The van der Waals surface area contributed by atoms with Crippen molar-refractivity contribution in [2.75, 3.05) is 18.0 Å². The number of piperidine rings is 1. The number of hydrogen-bond donors (Lipinski definition) is 1. The molecule has 6 rings (SSSR count). The Balaban J connectivity index is 1.24. The van der Waals surface area contributed by atoms with Gasteiger partial charge in [0, 0.05) is 55.3 Å². The fraction of sp³-hybridized carbons (Fsp3) is 0.296. The van der Waals surface area contributed by atoms with E-state index in [9.17, 15) is 4.79 Å². The van der Waals surface area contributed by atoms with Crippen LogP contribution in [-0.2, 0) is 18.3 Å². The van der Waals surface area contributed by atoms with Gasteiger partial charge in [-0.1, -0.05) is 35.3 Å². The molecule has 0 atom stereocenters. The zero-order chi connectivity index (χ0) is 27.6. The third kappa shape index (κ3) is 5.22. The van der Waals surface area contributed by atoms with Crippen molar-refractivity contribution < 1.29 is 4.79 Å². The Kier molecular flexibility index (Phi) is 7.31. The lowest BCUT2D eigenvalue weighted by Gasteiger charge is -2.33. The Morgan fingerprint density at radius 1 is 1.05 bits per heavy atom. The number of tetrazole rings is 1. The summed E-state index contributed by atoms with van der Waals surface area (Å²) in [5.74, 6) is 2.11. The molecule has 13 heteroatoms. The molecule has 3 aromatic heterocycles. The van der Waals surface area contributed by atoms with E-state index in [2.05, 4.69) is 35.7 Å². The van der Waals surface area contributed by atoms with E-state index < -0.39 is 0 Å². The van der Waals surface area contributed by atoms with Crippen LogP contribution in [-0.4, -0.2) is 64.8 Å². The van der Waals surface area contributed by atoms with E-state index in [0.29, 0.717) is 45.7 Å². The van der Waals surface area contributed by atoms with E-state index in [4.69, 9.17) is 28.2 Å². The largest absolute Gasteiger partial charge is 0.355 e. The number of carbonyl (C=O) groups is 1. The van der Waals surface area contributed by atoms with Gasteiger partial charge in [-0.05, 0) is 59.7 Å². The van der Waals surface area contributed by atoms with Crippen LogP contribution in [0.15, 0.2) is 54.9 Å². The van der Waals surface area contributed by atoms with E-state index in [1.165, 1.54) is 0 Å². The molecule has 0 unspecified atom stereocenters. The fourth-order valence-electron chi connectivity index (χ4n) is 4.99. The summed E-state index contributed by atoms with van der Waals surface area (Å²) in [7, 11) is 1.77. The van der Waals surface area contributed by atoms with E-state index in [0.717, 1.165) is 43.0 Å². The van der Waals surface area contributed by atoms with E-state index in [1.807, 2.05) is 53.1 Å². The topological polar surface area (TPSA) is 120 Å². The average Bonchev–Trinajstić information content (AvgIpc) is 3.56. The van der Waals surface area contributed by atoms with Crippen LogP contribution in [0.5, 0.6) is 0 Å². The SMILES string of the molecule is Cn1nnnc1CCC(=O)NC1CCN(c2ncnc3c2nc(-c2ccccc2Cl)n3-c2ccc(Cl)cc2)CC1. The highest BCUT2D eigenvalue weighted by Crippen LogP contribution is 2.35. The molecule has 2 aromatic carbocycles. The maximum atomic E-state index is 12.5. The lowest BCUT2D eigenvalue weighted by atomic mass is 10.0. The zero-order valence-electron chi connectivity index (χ0n) is 21.7. The summed E-state index contributed by atoms with van der Waals surface area (Å²) >= 11 is 12.8. The molecule has 11 nitrogen and oxygen atoms in total. The predicted octanol–water partition coefficient (Wildman–Crippen LogP) is 4.03. The molecule has 1 fully saturated rings. The van der Waals surface area contributed by atoms with Crippen LogP contribution in [0.1, 0.15) is 25.1 Å². The number of anilines is 1. The molecule has 4 heterocycles. The Morgan fingerprint density at radius 2 is 1.82 bits per heavy atom. The van der Waals surface area contributed by atoms with Crippen LogP contribution >= 0.6 is 23.2 Å². The van der Waals surface area contributed by atoms with Gasteiger partial charge in [-0.15, -0.1) is 5.10 Å². The Labute approximate surface area is 240 Å². The number of nitrogens with one attached hydrogen (secondary N) is 1. The van der Waals surface area contributed by atoms with Gasteiger partial charge >= 0.3 is 0 Å². The van der Waals surface area contributed by atoms with Gasteiger partial charge in [-0.25, -0.2) is 19.6 Å². The number of aromatic nitrogens is 8. The van der Waals surface area contributed by atoms with Crippen molar-refractivity contribution in [1.82, 2.24) is 45.0 Å². The van der Waals surface area contributed by atoms with Crippen molar-refractivity contribution in [3.63, 3.8) is 0 Å². The average molecular weight is 577 g/mol. The predicted molar refractivity (Wildman–Crippen MR) is 153 cm³/mol. The summed E-state index contributed by atoms with van der Waals surface area (Å²) in [6.07, 6.45) is 3.98. The first-order chi connectivity index (χ1) is 19.5. The number of hydrogen-bond acceptors (Lipinski definition) is 8. The first-order valence-electron chi connectivity index (χ1n) is 13.0. The highest BCUT2D eigenvalue weighted by molar-refractivity contribution is 6.33. The highest BCUT2D eigenvalue weighted by Gasteiger charge is 2.26. The lowest BCUT2D eigenvalue weighted by molar-refractivity contribution is -0.121. The molecule has 0 spiro atoms. The maximum absolute atomic E-state index is 12.5. The molecule has 1 N–H and O–H groups in total. The summed E-state index contributed by atoms with van der Waals surface area (Å²) in [6.45, 7) is 1.44. The van der Waals surface area contributed by atoms with Crippen molar-refractivity contribution in [1.29, 1.82) is 0 Å². The lowest BCUT2D eigenvalue weighted by Crippen LogP contribution is -2.45. The van der Waals surface area contributed by atoms with E-state index >= 15 is 0 Å². The Morgan fingerprint density at radius 3 is 2.55 bits per heavy atom. The van der Waals surface area contributed by atoms with Crippen LogP contribution in [0.2, 0.25) is 10.0 Å². The number of fused-ring (bicyclic) bond motifs is 1. The zero-order valence-corrected chi connectivity index (χ0v) is 23.2. The van der Waals surface area contributed by atoms with Gasteiger partial charge in [0.25, 0.3) is 0 Å². The van der Waals surface area contributed by atoms with Gasteiger partial charge in [-0.3, -0.25) is 9.36 Å². The van der Waals surface area contributed by atoms with Gasteiger partial charge in [0.1, 0.15) is 12.2 Å². The van der Waals surface area contributed by atoms with Crippen LogP contribution in [0, 0.1) is 0 Å². The highest BCUT2D eigenvalue weighted by atomic mass is 35.5. The first kappa shape index (κ1) is 26.1. The number of rotatable bonds is 7. The van der Waals surface area contributed by atoms with Gasteiger partial charge in [0.2, 0.25) is 5.91 Å². The number of imidazole rings is 1. The summed E-state index contributed by atoms with van der Waals surface area (Å²) in [4.78, 5) is 29.0. The second-order valence-corrected chi connectivity index (χ2v) is 10.5. The molecule has 0 saturated carbocycles. The molecule has 1 saturated heterocycles. The third-order valence-electron chi connectivity index (χ3n) is 7.07. The summed E-state index contributed by atoms with van der Waals surface area (Å²) in [6, 6.07) is 15.2. The molecule has 0 bridgehead atoms. The minimum atomic E-state index is -0.00281. The van der Waals surface area contributed by atoms with Gasteiger partial charge < -0.3 is 10.2 Å². The molecule has 0 radical (unpaired) electrons. The fourth-order valence-corrected chi connectivity index (χ4v) is 5.34.